The molecular weight excluding hydrogens is 390 g/mol. The number of amides is 1. The predicted octanol–water partition coefficient (Wildman–Crippen LogP) is 2.82. The van der Waals surface area contributed by atoms with Crippen molar-refractivity contribution in [2.45, 2.75) is 19.1 Å². The summed E-state index contributed by atoms with van der Waals surface area (Å²) >= 11 is 0. The minimum Gasteiger partial charge on any atom is -0.494 e. The van der Waals surface area contributed by atoms with E-state index >= 15 is 0 Å². The molecular formula is C21H21N3O4S. The number of nitrogens with zero attached hydrogens (tertiary/aromatic N) is 3. The molecule has 8 heteroatoms. The fourth-order valence-electron chi connectivity index (χ4n) is 2.70. The minimum atomic E-state index is -3.73. The Morgan fingerprint density at radius 1 is 1.07 bits per heavy atom. The van der Waals surface area contributed by atoms with Gasteiger partial charge in [0.15, 0.2) is 9.84 Å². The lowest BCUT2D eigenvalue weighted by atomic mass is 10.2. The highest BCUT2D eigenvalue weighted by Gasteiger charge is 2.23. The van der Waals surface area contributed by atoms with Gasteiger partial charge < -0.3 is 9.64 Å². The molecule has 0 aromatic heterocycles. The number of benzene rings is 2. The number of hydrogen-bond acceptors (Lipinski definition) is 6. The molecule has 150 valence electrons. The van der Waals surface area contributed by atoms with Crippen molar-refractivity contribution in [3.63, 3.8) is 0 Å². The minimum absolute atomic E-state index is 0.0780. The summed E-state index contributed by atoms with van der Waals surface area (Å²) < 4.78 is 30.4. The third-order valence-electron chi connectivity index (χ3n) is 4.02. The number of ether oxygens (including phenoxy) is 1. The zero-order valence-electron chi connectivity index (χ0n) is 16.0. The molecule has 0 aliphatic carbocycles. The molecule has 2 aromatic carbocycles. The average molecular weight is 411 g/mol. The van der Waals surface area contributed by atoms with Crippen LogP contribution in [0.5, 0.6) is 5.75 Å². The Kier molecular flexibility index (Phi) is 7.76. The third-order valence-corrected chi connectivity index (χ3v) is 5.48. The highest BCUT2D eigenvalue weighted by atomic mass is 32.2. The predicted molar refractivity (Wildman–Crippen MR) is 109 cm³/mol. The molecule has 0 saturated carbocycles. The second-order valence-electron chi connectivity index (χ2n) is 6.22. The van der Waals surface area contributed by atoms with Crippen molar-refractivity contribution in [2.24, 2.45) is 0 Å². The van der Waals surface area contributed by atoms with E-state index in [0.29, 0.717) is 29.2 Å². The van der Waals surface area contributed by atoms with E-state index < -0.39 is 21.5 Å². The fraction of sp³-hybridized carbons (Fsp3) is 0.286. The van der Waals surface area contributed by atoms with Crippen LogP contribution in [0.1, 0.15) is 24.5 Å². The number of anilines is 1. The second-order valence-corrected chi connectivity index (χ2v) is 8.29. The smallest absolute Gasteiger partial charge is 0.242 e. The average Bonchev–Trinajstić information content (AvgIpc) is 2.69. The van der Waals surface area contributed by atoms with Crippen molar-refractivity contribution in [3.05, 3.63) is 59.7 Å². The molecule has 0 aliphatic rings. The molecule has 0 atom stereocenters. The van der Waals surface area contributed by atoms with E-state index in [1.165, 1.54) is 17.0 Å². The molecule has 0 radical (unpaired) electrons. The number of nitriles is 2. The zero-order chi connectivity index (χ0) is 21.3. The van der Waals surface area contributed by atoms with Gasteiger partial charge in [-0.25, -0.2) is 8.42 Å². The molecule has 2 aromatic rings. The Bertz CT molecular complexity index is 1020. The maximum absolute atomic E-state index is 12.7. The molecule has 0 spiro atoms. The van der Waals surface area contributed by atoms with Crippen LogP contribution >= 0.6 is 0 Å². The van der Waals surface area contributed by atoms with Crippen molar-refractivity contribution < 1.29 is 17.9 Å². The largest absolute Gasteiger partial charge is 0.494 e. The summed E-state index contributed by atoms with van der Waals surface area (Å²) in [6.07, 6.45) is 0.0780. The van der Waals surface area contributed by atoms with Crippen LogP contribution in [0.3, 0.4) is 0 Å². The van der Waals surface area contributed by atoms with E-state index in [-0.39, 0.29) is 18.7 Å². The lowest BCUT2D eigenvalue weighted by Crippen LogP contribution is -2.36. The van der Waals surface area contributed by atoms with Crippen molar-refractivity contribution in [1.29, 1.82) is 10.5 Å². The molecule has 0 heterocycles. The molecule has 0 bridgehead atoms. The Hall–Kier alpha value is -3.36. The van der Waals surface area contributed by atoms with Crippen LogP contribution < -0.4 is 9.64 Å². The van der Waals surface area contributed by atoms with Crippen LogP contribution in [-0.4, -0.2) is 33.2 Å². The maximum atomic E-state index is 12.7. The highest BCUT2D eigenvalue weighted by Crippen LogP contribution is 2.21. The summed E-state index contributed by atoms with van der Waals surface area (Å²) in [4.78, 5) is 14.0. The monoisotopic (exact) mass is 411 g/mol. The maximum Gasteiger partial charge on any atom is 0.242 e. The van der Waals surface area contributed by atoms with Crippen molar-refractivity contribution >= 4 is 21.4 Å². The van der Waals surface area contributed by atoms with Gasteiger partial charge in [0.05, 0.1) is 36.5 Å². The Morgan fingerprint density at radius 3 is 2.28 bits per heavy atom. The van der Waals surface area contributed by atoms with Gasteiger partial charge in [-0.1, -0.05) is 12.1 Å². The first kappa shape index (κ1) is 21.9. The van der Waals surface area contributed by atoms with Gasteiger partial charge in [0.25, 0.3) is 0 Å². The number of hydrogen-bond donors (Lipinski definition) is 0. The van der Waals surface area contributed by atoms with Crippen molar-refractivity contribution in [2.75, 3.05) is 23.8 Å². The van der Waals surface area contributed by atoms with Gasteiger partial charge in [0.2, 0.25) is 5.91 Å². The molecule has 0 unspecified atom stereocenters. The summed E-state index contributed by atoms with van der Waals surface area (Å²) in [5, 5.41) is 17.7. The van der Waals surface area contributed by atoms with Gasteiger partial charge in [-0.2, -0.15) is 10.5 Å². The third kappa shape index (κ3) is 6.63. The van der Waals surface area contributed by atoms with E-state index in [2.05, 4.69) is 0 Å². The molecule has 0 saturated heterocycles. The zero-order valence-corrected chi connectivity index (χ0v) is 16.9. The van der Waals surface area contributed by atoms with E-state index in [0.717, 1.165) is 0 Å². The lowest BCUT2D eigenvalue weighted by Gasteiger charge is -2.22. The van der Waals surface area contributed by atoms with E-state index in [9.17, 15) is 13.2 Å². The number of rotatable bonds is 9. The van der Waals surface area contributed by atoms with E-state index in [1.807, 2.05) is 19.1 Å². The lowest BCUT2D eigenvalue weighted by molar-refractivity contribution is -0.116. The quantitative estimate of drug-likeness (QED) is 0.627. The molecule has 1 amide bonds. The van der Waals surface area contributed by atoms with Gasteiger partial charge in [-0.05, 0) is 48.9 Å². The molecule has 0 N–H and O–H groups in total. The summed E-state index contributed by atoms with van der Waals surface area (Å²) in [5.41, 5.74) is 1.43. The Morgan fingerprint density at radius 2 is 1.72 bits per heavy atom. The first-order valence-corrected chi connectivity index (χ1v) is 10.8. The van der Waals surface area contributed by atoms with Crippen LogP contribution in [0.4, 0.5) is 5.69 Å². The summed E-state index contributed by atoms with van der Waals surface area (Å²) in [5.74, 6) is -0.943. The topological polar surface area (TPSA) is 111 Å². The second kappa shape index (κ2) is 10.3. The van der Waals surface area contributed by atoms with Crippen molar-refractivity contribution in [3.8, 4) is 17.9 Å². The summed E-state index contributed by atoms with van der Waals surface area (Å²) in [7, 11) is -3.73. The van der Waals surface area contributed by atoms with Crippen LogP contribution in [0.15, 0.2) is 48.5 Å². The Balaban J connectivity index is 2.15. The van der Waals surface area contributed by atoms with Crippen molar-refractivity contribution in [1.82, 2.24) is 0 Å². The van der Waals surface area contributed by atoms with Crippen LogP contribution in [0.25, 0.3) is 0 Å². The van der Waals surface area contributed by atoms with Crippen LogP contribution in [0.2, 0.25) is 0 Å². The van der Waals surface area contributed by atoms with Gasteiger partial charge in [0, 0.05) is 12.2 Å². The standard InChI is InChI=1S/C21H21N3O4S/c1-2-28-20-10-8-19(9-11-20)24(13-3-12-22)21(25)16-29(26,27)15-18-6-4-17(14-23)5-7-18/h4-11H,2-3,13,15-16H2,1H3. The normalized spacial score (nSPS) is 10.6. The Labute approximate surface area is 170 Å². The molecule has 2 rings (SSSR count). The summed E-state index contributed by atoms with van der Waals surface area (Å²) in [6.45, 7) is 2.45. The van der Waals surface area contributed by atoms with Crippen LogP contribution in [0, 0.1) is 22.7 Å². The van der Waals surface area contributed by atoms with Crippen LogP contribution in [-0.2, 0) is 20.4 Å². The number of sulfone groups is 1. The number of carbonyl (C=O) groups excluding carboxylic acids is 1. The van der Waals surface area contributed by atoms with Gasteiger partial charge in [-0.15, -0.1) is 0 Å². The highest BCUT2D eigenvalue weighted by molar-refractivity contribution is 7.91. The van der Waals surface area contributed by atoms with Gasteiger partial charge in [-0.3, -0.25) is 4.79 Å². The summed E-state index contributed by atoms with van der Waals surface area (Å²) in [6, 6.07) is 16.8. The molecule has 29 heavy (non-hydrogen) atoms. The molecule has 0 aliphatic heterocycles. The SMILES string of the molecule is CCOc1ccc(N(CCC#N)C(=O)CS(=O)(=O)Cc2ccc(C#N)cc2)cc1. The first-order valence-electron chi connectivity index (χ1n) is 8.98. The fourth-order valence-corrected chi connectivity index (χ4v) is 4.03. The molecule has 7 nitrogen and oxygen atoms in total. The van der Waals surface area contributed by atoms with E-state index in [4.69, 9.17) is 15.3 Å². The number of carbonyl (C=O) groups is 1. The van der Waals surface area contributed by atoms with Gasteiger partial charge >= 0.3 is 0 Å². The van der Waals surface area contributed by atoms with E-state index in [1.54, 1.807) is 36.4 Å². The van der Waals surface area contributed by atoms with Gasteiger partial charge in [0.1, 0.15) is 11.5 Å². The molecule has 0 fully saturated rings. The first-order chi connectivity index (χ1) is 13.9.